The van der Waals surface area contributed by atoms with Gasteiger partial charge in [-0.1, -0.05) is 18.5 Å². The number of rotatable bonds is 4. The van der Waals surface area contributed by atoms with Crippen LogP contribution >= 0.6 is 11.6 Å². The predicted molar refractivity (Wildman–Crippen MR) is 63.8 cm³/mol. The minimum atomic E-state index is -2.93. The molecule has 2 atom stereocenters. The van der Waals surface area contributed by atoms with E-state index in [2.05, 4.69) is 10.1 Å². The molecule has 0 saturated carbocycles. The molecule has 1 aliphatic rings. The zero-order valence-corrected chi connectivity index (χ0v) is 11.2. The monoisotopic (exact) mass is 278 g/mol. The summed E-state index contributed by atoms with van der Waals surface area (Å²) in [5.74, 6) is 1.02. The van der Waals surface area contributed by atoms with Crippen molar-refractivity contribution in [3.05, 3.63) is 11.7 Å². The Morgan fingerprint density at radius 3 is 2.94 bits per heavy atom. The summed E-state index contributed by atoms with van der Waals surface area (Å²) >= 11 is 6.08. The lowest BCUT2D eigenvalue weighted by molar-refractivity contribution is 0.355. The van der Waals surface area contributed by atoms with Gasteiger partial charge in [0, 0.05) is 0 Å². The zero-order chi connectivity index (χ0) is 12.5. The second-order valence-corrected chi connectivity index (χ2v) is 7.10. The summed E-state index contributed by atoms with van der Waals surface area (Å²) in [6.45, 7) is 2.03. The van der Waals surface area contributed by atoms with Crippen LogP contribution in [0.2, 0.25) is 0 Å². The number of hydrogen-bond acceptors (Lipinski definition) is 5. The van der Waals surface area contributed by atoms with E-state index >= 15 is 0 Å². The molecule has 2 rings (SSSR count). The van der Waals surface area contributed by atoms with E-state index in [-0.39, 0.29) is 22.8 Å². The first-order valence-corrected chi connectivity index (χ1v) is 7.95. The summed E-state index contributed by atoms with van der Waals surface area (Å²) < 4.78 is 27.8. The van der Waals surface area contributed by atoms with E-state index in [1.165, 1.54) is 0 Å². The third-order valence-corrected chi connectivity index (χ3v) is 5.04. The molecule has 1 aliphatic heterocycles. The van der Waals surface area contributed by atoms with E-state index in [0.717, 1.165) is 12.8 Å². The average Bonchev–Trinajstić information content (AvgIpc) is 2.84. The maximum absolute atomic E-state index is 11.3. The number of halogens is 1. The zero-order valence-electron chi connectivity index (χ0n) is 9.60. The number of alkyl halides is 1. The second kappa shape index (κ2) is 4.94. The van der Waals surface area contributed by atoms with Gasteiger partial charge in [0.1, 0.15) is 0 Å². The van der Waals surface area contributed by atoms with E-state index in [0.29, 0.717) is 18.1 Å². The Labute approximate surface area is 105 Å². The fourth-order valence-corrected chi connectivity index (χ4v) is 3.95. The van der Waals surface area contributed by atoms with Crippen LogP contribution in [-0.2, 0) is 9.84 Å². The van der Waals surface area contributed by atoms with Gasteiger partial charge in [-0.05, 0) is 12.8 Å². The van der Waals surface area contributed by atoms with Crippen LogP contribution in [0.25, 0.3) is 0 Å². The van der Waals surface area contributed by atoms with Crippen LogP contribution in [0.4, 0.5) is 0 Å². The molecule has 0 spiro atoms. The van der Waals surface area contributed by atoms with Gasteiger partial charge in [0.25, 0.3) is 0 Å². The first-order chi connectivity index (χ1) is 8.02. The third kappa shape index (κ3) is 2.98. The molecule has 1 aromatic heterocycles. The van der Waals surface area contributed by atoms with Crippen molar-refractivity contribution in [2.75, 3.05) is 11.5 Å². The molecule has 5 nitrogen and oxygen atoms in total. The smallest absolute Gasteiger partial charge is 0.230 e. The van der Waals surface area contributed by atoms with Crippen LogP contribution in [0, 0.1) is 0 Å². The predicted octanol–water partition coefficient (Wildman–Crippen LogP) is 2.05. The summed E-state index contributed by atoms with van der Waals surface area (Å²) in [7, 11) is -2.93. The van der Waals surface area contributed by atoms with Gasteiger partial charge in [-0.2, -0.15) is 4.98 Å². The molecule has 0 aliphatic carbocycles. The van der Waals surface area contributed by atoms with Gasteiger partial charge in [-0.3, -0.25) is 0 Å². The van der Waals surface area contributed by atoms with Crippen molar-refractivity contribution in [2.45, 2.75) is 37.5 Å². The van der Waals surface area contributed by atoms with Crippen molar-refractivity contribution in [3.63, 3.8) is 0 Å². The van der Waals surface area contributed by atoms with Gasteiger partial charge < -0.3 is 4.52 Å². The van der Waals surface area contributed by atoms with Crippen molar-refractivity contribution in [1.29, 1.82) is 0 Å². The molecule has 0 aromatic carbocycles. The second-order valence-electron chi connectivity index (χ2n) is 4.35. The van der Waals surface area contributed by atoms with Crippen molar-refractivity contribution in [3.8, 4) is 0 Å². The van der Waals surface area contributed by atoms with Crippen molar-refractivity contribution in [1.82, 2.24) is 10.1 Å². The van der Waals surface area contributed by atoms with Gasteiger partial charge in [0.05, 0.1) is 22.8 Å². The van der Waals surface area contributed by atoms with Crippen LogP contribution in [-0.4, -0.2) is 30.1 Å². The average molecular weight is 279 g/mol. The van der Waals surface area contributed by atoms with Gasteiger partial charge in [0.2, 0.25) is 5.89 Å². The lowest BCUT2D eigenvalue weighted by Crippen LogP contribution is -2.04. The van der Waals surface area contributed by atoms with E-state index < -0.39 is 9.84 Å². The Morgan fingerprint density at radius 2 is 2.35 bits per heavy atom. The Morgan fingerprint density at radius 1 is 1.59 bits per heavy atom. The third-order valence-electron chi connectivity index (χ3n) is 2.86. The Balaban J connectivity index is 2.09. The van der Waals surface area contributed by atoms with Crippen molar-refractivity contribution >= 4 is 21.4 Å². The molecule has 0 N–H and O–H groups in total. The molecule has 0 amide bonds. The van der Waals surface area contributed by atoms with Crippen LogP contribution in [0.5, 0.6) is 0 Å². The minimum absolute atomic E-state index is 0.107. The van der Waals surface area contributed by atoms with Crippen LogP contribution < -0.4 is 0 Å². The summed E-state index contributed by atoms with van der Waals surface area (Å²) in [4.78, 5) is 4.20. The molecule has 2 unspecified atom stereocenters. The van der Waals surface area contributed by atoms with Gasteiger partial charge in [0.15, 0.2) is 15.7 Å². The molecular weight excluding hydrogens is 264 g/mol. The lowest BCUT2D eigenvalue weighted by Gasteiger charge is -2.00. The fourth-order valence-electron chi connectivity index (χ4n) is 1.91. The van der Waals surface area contributed by atoms with Crippen LogP contribution in [0.3, 0.4) is 0 Å². The summed E-state index contributed by atoms with van der Waals surface area (Å²) in [5, 5.41) is 3.56. The number of hydrogen-bond donors (Lipinski definition) is 0. The number of nitrogens with zero attached hydrogens (tertiary/aromatic N) is 2. The topological polar surface area (TPSA) is 73.1 Å². The highest BCUT2D eigenvalue weighted by atomic mass is 35.5. The van der Waals surface area contributed by atoms with Crippen molar-refractivity contribution < 1.29 is 12.9 Å². The summed E-state index contributed by atoms with van der Waals surface area (Å²) in [6, 6.07) is 0. The molecule has 0 bridgehead atoms. The van der Waals surface area contributed by atoms with E-state index in [1.807, 2.05) is 6.92 Å². The van der Waals surface area contributed by atoms with Crippen molar-refractivity contribution in [2.24, 2.45) is 0 Å². The molecule has 17 heavy (non-hydrogen) atoms. The molecule has 7 heteroatoms. The molecule has 0 radical (unpaired) electrons. The van der Waals surface area contributed by atoms with E-state index in [9.17, 15) is 8.42 Å². The first-order valence-electron chi connectivity index (χ1n) is 5.70. The Kier molecular flexibility index (Phi) is 3.73. The van der Waals surface area contributed by atoms with Gasteiger partial charge in [-0.25, -0.2) is 8.42 Å². The molecule has 1 aromatic rings. The molecule has 1 saturated heterocycles. The Bertz CT molecular complexity index is 485. The first kappa shape index (κ1) is 12.8. The standard InChI is InChI=1S/C10H15ClN2O3S/c1-2-3-8(11)9-12-10(16-13-9)7-4-5-17(14,15)6-7/h7-8H,2-6H2,1H3. The molecular formula is C10H15ClN2O3S. The largest absolute Gasteiger partial charge is 0.339 e. The highest BCUT2D eigenvalue weighted by Crippen LogP contribution is 2.30. The van der Waals surface area contributed by atoms with Gasteiger partial charge in [-0.15, -0.1) is 11.6 Å². The van der Waals surface area contributed by atoms with E-state index in [1.54, 1.807) is 0 Å². The normalized spacial score (nSPS) is 24.9. The number of aromatic nitrogens is 2. The molecule has 2 heterocycles. The van der Waals surface area contributed by atoms with E-state index in [4.69, 9.17) is 16.1 Å². The van der Waals surface area contributed by atoms with Crippen LogP contribution in [0.15, 0.2) is 4.52 Å². The van der Waals surface area contributed by atoms with Gasteiger partial charge >= 0.3 is 0 Å². The van der Waals surface area contributed by atoms with Crippen LogP contribution in [0.1, 0.15) is 49.2 Å². The fraction of sp³-hybridized carbons (Fsp3) is 0.800. The molecule has 96 valence electrons. The summed E-state index contributed by atoms with van der Waals surface area (Å²) in [6.07, 6.45) is 2.28. The minimum Gasteiger partial charge on any atom is -0.339 e. The highest BCUT2D eigenvalue weighted by Gasteiger charge is 2.33. The highest BCUT2D eigenvalue weighted by molar-refractivity contribution is 7.91. The maximum atomic E-state index is 11.3. The summed E-state index contributed by atoms with van der Waals surface area (Å²) in [5.41, 5.74) is 0. The lowest BCUT2D eigenvalue weighted by atomic mass is 10.1. The quantitative estimate of drug-likeness (QED) is 0.788. The number of sulfone groups is 1. The maximum Gasteiger partial charge on any atom is 0.230 e. The SMILES string of the molecule is CCCC(Cl)c1noc(C2CCS(=O)(=O)C2)n1. The Hall–Kier alpha value is -0.620. The molecule has 1 fully saturated rings.